The molecule has 3 rings (SSSR count). The molecule has 1 aromatic carbocycles. The van der Waals surface area contributed by atoms with Crippen molar-refractivity contribution in [3.05, 3.63) is 65.2 Å². The summed E-state index contributed by atoms with van der Waals surface area (Å²) in [7, 11) is 0. The van der Waals surface area contributed by atoms with E-state index in [1.165, 1.54) is 25.1 Å². The number of aromatic nitrogens is 2. The van der Waals surface area contributed by atoms with E-state index in [1.54, 1.807) is 6.92 Å². The number of aryl methyl sites for hydroxylation is 2. The molecular formula is C17H14N4O7S. The van der Waals surface area contributed by atoms with E-state index in [4.69, 9.17) is 0 Å². The number of benzene rings is 1. The van der Waals surface area contributed by atoms with Crippen molar-refractivity contribution in [1.82, 2.24) is 9.55 Å². The van der Waals surface area contributed by atoms with Crippen LogP contribution in [0.5, 0.6) is 0 Å². The molecule has 3 aromatic rings. The minimum absolute atomic E-state index is 0.0197. The van der Waals surface area contributed by atoms with E-state index in [0.717, 1.165) is 11.3 Å². The van der Waals surface area contributed by atoms with E-state index < -0.39 is 34.6 Å². The number of anilines is 1. The number of carbonyl (C=O) groups excluding carboxylic acids is 1. The van der Waals surface area contributed by atoms with Crippen LogP contribution in [0.4, 0.5) is 11.4 Å². The zero-order valence-electron chi connectivity index (χ0n) is 15.1. The molecule has 3 N–H and O–H groups in total. The summed E-state index contributed by atoms with van der Waals surface area (Å²) in [6.45, 7) is 2.43. The number of H-pyrrole nitrogens is 1. The number of carboxylic acid groups (broad SMARTS) is 1. The van der Waals surface area contributed by atoms with Crippen LogP contribution in [-0.4, -0.2) is 31.5 Å². The Labute approximate surface area is 165 Å². The molecule has 11 nitrogen and oxygen atoms in total. The van der Waals surface area contributed by atoms with Crippen LogP contribution in [0.25, 0.3) is 10.2 Å². The van der Waals surface area contributed by atoms with Crippen molar-refractivity contribution < 1.29 is 19.6 Å². The lowest BCUT2D eigenvalue weighted by Gasteiger charge is -2.09. The first kappa shape index (κ1) is 19.9. The Morgan fingerprint density at radius 1 is 1.31 bits per heavy atom. The second kappa shape index (κ2) is 7.31. The molecule has 0 atom stereocenters. The summed E-state index contributed by atoms with van der Waals surface area (Å²) in [5.74, 6) is -1.97. The van der Waals surface area contributed by atoms with Gasteiger partial charge in [0, 0.05) is 12.1 Å². The molecule has 0 bridgehead atoms. The molecule has 0 radical (unpaired) electrons. The number of rotatable bonds is 5. The number of nitro groups is 1. The number of non-ortho nitro benzene ring substituents is 1. The zero-order valence-corrected chi connectivity index (χ0v) is 16.0. The molecule has 0 fully saturated rings. The third-order valence-corrected chi connectivity index (χ3v) is 5.47. The third-order valence-electron chi connectivity index (χ3n) is 4.27. The fourth-order valence-corrected chi connectivity index (χ4v) is 3.82. The average molecular weight is 418 g/mol. The molecule has 29 heavy (non-hydrogen) atoms. The van der Waals surface area contributed by atoms with Gasteiger partial charge in [0.15, 0.2) is 0 Å². The average Bonchev–Trinajstić information content (AvgIpc) is 2.97. The van der Waals surface area contributed by atoms with Crippen LogP contribution in [0.1, 0.15) is 20.8 Å². The third kappa shape index (κ3) is 3.65. The van der Waals surface area contributed by atoms with Crippen molar-refractivity contribution in [2.75, 3.05) is 5.32 Å². The fraction of sp³-hybridized carbons (Fsp3) is 0.176. The Bertz CT molecular complexity index is 1300. The van der Waals surface area contributed by atoms with Crippen LogP contribution in [0.2, 0.25) is 0 Å². The van der Waals surface area contributed by atoms with Gasteiger partial charge in [0.2, 0.25) is 5.91 Å². The van der Waals surface area contributed by atoms with Crippen molar-refractivity contribution in [2.45, 2.75) is 20.4 Å². The SMILES string of the molecule is Cc1ccc([N+](=O)[O-])cc1NC(=O)Cn1c(=O)[nH]c2sc(C(=O)O)c(C)c2c1=O. The number of carboxylic acids is 1. The minimum Gasteiger partial charge on any atom is -0.477 e. The molecule has 2 heterocycles. The van der Waals surface area contributed by atoms with Gasteiger partial charge in [-0.05, 0) is 25.0 Å². The standard InChI is InChI=1S/C17H14N4O7S/c1-7-3-4-9(21(27)28)5-10(7)18-11(22)6-20-15(23)12-8(2)13(16(24)25)29-14(12)19-17(20)26/h3-5H,6H2,1-2H3,(H,18,22)(H,19,26)(H,24,25). The maximum atomic E-state index is 12.7. The summed E-state index contributed by atoms with van der Waals surface area (Å²) in [6, 6.07) is 3.92. The summed E-state index contributed by atoms with van der Waals surface area (Å²) in [5.41, 5.74) is -0.961. The first-order valence-corrected chi connectivity index (χ1v) is 8.96. The van der Waals surface area contributed by atoms with E-state index in [0.29, 0.717) is 10.1 Å². The van der Waals surface area contributed by atoms with Crippen LogP contribution in [-0.2, 0) is 11.3 Å². The summed E-state index contributed by atoms with van der Waals surface area (Å²) >= 11 is 0.764. The van der Waals surface area contributed by atoms with E-state index in [1.807, 2.05) is 0 Å². The zero-order chi connectivity index (χ0) is 21.5. The molecule has 0 unspecified atom stereocenters. The number of thiophene rings is 1. The molecule has 0 spiro atoms. The fourth-order valence-electron chi connectivity index (χ4n) is 2.79. The Balaban J connectivity index is 1.97. The van der Waals surface area contributed by atoms with Crippen molar-refractivity contribution in [1.29, 1.82) is 0 Å². The number of hydrogen-bond donors (Lipinski definition) is 3. The predicted octanol–water partition coefficient (Wildman–Crippen LogP) is 1.61. The lowest BCUT2D eigenvalue weighted by molar-refractivity contribution is -0.384. The van der Waals surface area contributed by atoms with Crippen LogP contribution in [0.3, 0.4) is 0 Å². The number of aromatic carboxylic acids is 1. The minimum atomic E-state index is -1.23. The topological polar surface area (TPSA) is 164 Å². The highest BCUT2D eigenvalue weighted by Crippen LogP contribution is 2.26. The van der Waals surface area contributed by atoms with Crippen molar-refractivity contribution >= 4 is 44.8 Å². The van der Waals surface area contributed by atoms with Crippen LogP contribution < -0.4 is 16.6 Å². The lowest BCUT2D eigenvalue weighted by atomic mass is 10.2. The number of nitrogens with one attached hydrogen (secondary N) is 2. The number of amides is 1. The van der Waals surface area contributed by atoms with E-state index in [2.05, 4.69) is 10.3 Å². The van der Waals surface area contributed by atoms with Gasteiger partial charge in [-0.3, -0.25) is 29.3 Å². The summed E-state index contributed by atoms with van der Waals surface area (Å²) < 4.78 is 0.649. The van der Waals surface area contributed by atoms with Crippen LogP contribution in [0.15, 0.2) is 27.8 Å². The number of nitrogens with zero attached hydrogens (tertiary/aromatic N) is 2. The van der Waals surface area contributed by atoms with Crippen LogP contribution >= 0.6 is 11.3 Å². The molecular weight excluding hydrogens is 404 g/mol. The summed E-state index contributed by atoms with van der Waals surface area (Å²) in [6.07, 6.45) is 0. The van der Waals surface area contributed by atoms with Gasteiger partial charge >= 0.3 is 11.7 Å². The van der Waals surface area contributed by atoms with Gasteiger partial charge in [-0.25, -0.2) is 9.59 Å². The Morgan fingerprint density at radius 2 is 2.00 bits per heavy atom. The first-order chi connectivity index (χ1) is 13.6. The summed E-state index contributed by atoms with van der Waals surface area (Å²) in [4.78, 5) is 61.3. The van der Waals surface area contributed by atoms with E-state index >= 15 is 0 Å². The monoisotopic (exact) mass is 418 g/mol. The van der Waals surface area contributed by atoms with Gasteiger partial charge in [0.25, 0.3) is 11.2 Å². The summed E-state index contributed by atoms with van der Waals surface area (Å²) in [5, 5.41) is 22.6. The quantitative estimate of drug-likeness (QED) is 0.418. The Hall–Kier alpha value is -3.80. The number of nitro benzene ring substituents is 1. The predicted molar refractivity (Wildman–Crippen MR) is 105 cm³/mol. The van der Waals surface area contributed by atoms with Gasteiger partial charge < -0.3 is 10.4 Å². The van der Waals surface area contributed by atoms with E-state index in [9.17, 15) is 34.4 Å². The molecule has 150 valence electrons. The highest BCUT2D eigenvalue weighted by molar-refractivity contribution is 7.20. The highest BCUT2D eigenvalue weighted by Gasteiger charge is 2.21. The molecule has 0 aliphatic heterocycles. The van der Waals surface area contributed by atoms with Crippen molar-refractivity contribution in [2.24, 2.45) is 0 Å². The number of aromatic amines is 1. The molecule has 0 aliphatic carbocycles. The number of hydrogen-bond acceptors (Lipinski definition) is 7. The second-order valence-corrected chi connectivity index (χ2v) is 7.21. The molecule has 0 aliphatic rings. The first-order valence-electron chi connectivity index (χ1n) is 8.14. The van der Waals surface area contributed by atoms with Gasteiger partial charge in [0.05, 0.1) is 16.0 Å². The molecule has 2 aromatic heterocycles. The van der Waals surface area contributed by atoms with Gasteiger partial charge in [0.1, 0.15) is 16.3 Å². The van der Waals surface area contributed by atoms with Crippen LogP contribution in [0, 0.1) is 24.0 Å². The smallest absolute Gasteiger partial charge is 0.346 e. The Morgan fingerprint density at radius 3 is 2.62 bits per heavy atom. The Kier molecular flexibility index (Phi) is 5.03. The van der Waals surface area contributed by atoms with Gasteiger partial charge in [-0.1, -0.05) is 6.07 Å². The van der Waals surface area contributed by atoms with Crippen molar-refractivity contribution in [3.8, 4) is 0 Å². The molecule has 1 amide bonds. The number of fused-ring (bicyclic) bond motifs is 1. The van der Waals surface area contributed by atoms with E-state index in [-0.39, 0.29) is 32.0 Å². The lowest BCUT2D eigenvalue weighted by Crippen LogP contribution is -2.38. The molecule has 12 heteroatoms. The largest absolute Gasteiger partial charge is 0.477 e. The maximum Gasteiger partial charge on any atom is 0.346 e. The number of carbonyl (C=O) groups is 2. The normalized spacial score (nSPS) is 10.8. The second-order valence-electron chi connectivity index (χ2n) is 6.19. The molecule has 0 saturated carbocycles. The maximum absolute atomic E-state index is 12.7. The highest BCUT2D eigenvalue weighted by atomic mass is 32.1. The molecule has 0 saturated heterocycles. The van der Waals surface area contributed by atoms with Gasteiger partial charge in [-0.15, -0.1) is 11.3 Å². The van der Waals surface area contributed by atoms with Crippen molar-refractivity contribution in [3.63, 3.8) is 0 Å². The van der Waals surface area contributed by atoms with Gasteiger partial charge in [-0.2, -0.15) is 0 Å².